The Morgan fingerprint density at radius 2 is 1.65 bits per heavy atom. The zero-order chi connectivity index (χ0) is 16.4. The minimum atomic E-state index is -0.585. The Labute approximate surface area is 134 Å². The van der Waals surface area contributed by atoms with Gasteiger partial charge in [0.2, 0.25) is 0 Å². The van der Waals surface area contributed by atoms with Crippen LogP contribution in [0.15, 0.2) is 60.8 Å². The second-order valence-electron chi connectivity index (χ2n) is 5.61. The average molecular weight is 306 g/mol. The van der Waals surface area contributed by atoms with Crippen molar-refractivity contribution in [1.82, 2.24) is 9.88 Å². The molecule has 1 unspecified atom stereocenters. The molecule has 1 N–H and O–H groups in total. The Balaban J connectivity index is 1.83. The van der Waals surface area contributed by atoms with Crippen LogP contribution in [0.3, 0.4) is 0 Å². The van der Waals surface area contributed by atoms with Gasteiger partial charge in [-0.1, -0.05) is 48.5 Å². The number of hydrogen-bond acceptors (Lipinski definition) is 2. The van der Waals surface area contributed by atoms with E-state index in [-0.39, 0.29) is 6.04 Å². The lowest BCUT2D eigenvalue weighted by molar-refractivity contribution is -0.117. The molecule has 0 bridgehead atoms. The van der Waals surface area contributed by atoms with Crippen molar-refractivity contribution < 1.29 is 9.59 Å². The number of hydrogen-bond donors (Lipinski definition) is 1. The minimum Gasteiger partial charge on any atom is -0.350 e. The summed E-state index contributed by atoms with van der Waals surface area (Å²) in [4.78, 5) is 24.8. The molecule has 0 radical (unpaired) electrons. The molecule has 2 aromatic carbocycles. The molecule has 0 aliphatic heterocycles. The summed E-state index contributed by atoms with van der Waals surface area (Å²) in [6, 6.07) is 16.9. The minimum absolute atomic E-state index is 0.220. The first-order valence-corrected chi connectivity index (χ1v) is 7.52. The monoisotopic (exact) mass is 306 g/mol. The second-order valence-corrected chi connectivity index (χ2v) is 5.61. The number of ketones is 1. The number of benzene rings is 2. The Morgan fingerprint density at radius 3 is 2.39 bits per heavy atom. The number of nitrogens with zero attached hydrogens (tertiary/aromatic N) is 1. The molecule has 4 nitrogen and oxygen atoms in total. The normalized spacial score (nSPS) is 12.1. The maximum Gasteiger partial charge on any atom is 0.292 e. The van der Waals surface area contributed by atoms with Crippen molar-refractivity contribution >= 4 is 22.6 Å². The fourth-order valence-electron chi connectivity index (χ4n) is 2.73. The number of amides is 1. The van der Waals surface area contributed by atoms with Gasteiger partial charge in [0.05, 0.1) is 11.6 Å². The van der Waals surface area contributed by atoms with Crippen molar-refractivity contribution in [2.45, 2.75) is 13.0 Å². The Bertz CT molecular complexity index is 865. The van der Waals surface area contributed by atoms with Crippen LogP contribution in [0.5, 0.6) is 0 Å². The molecule has 0 spiro atoms. The van der Waals surface area contributed by atoms with E-state index in [9.17, 15) is 9.59 Å². The van der Waals surface area contributed by atoms with Gasteiger partial charge in [0.25, 0.3) is 11.7 Å². The van der Waals surface area contributed by atoms with Gasteiger partial charge < -0.3 is 9.88 Å². The van der Waals surface area contributed by atoms with Crippen LogP contribution in [0.1, 0.15) is 28.9 Å². The molecule has 1 aromatic heterocycles. The maximum absolute atomic E-state index is 12.5. The van der Waals surface area contributed by atoms with Crippen LogP contribution < -0.4 is 5.32 Å². The van der Waals surface area contributed by atoms with Crippen LogP contribution >= 0.6 is 0 Å². The Kier molecular flexibility index (Phi) is 3.98. The van der Waals surface area contributed by atoms with Crippen LogP contribution in [0.4, 0.5) is 0 Å². The zero-order valence-electron chi connectivity index (χ0n) is 13.1. The fraction of sp³-hybridized carbons (Fsp3) is 0.158. The van der Waals surface area contributed by atoms with Crippen molar-refractivity contribution in [3.05, 3.63) is 71.9 Å². The number of nitrogens with one attached hydrogen (secondary N) is 1. The van der Waals surface area contributed by atoms with Crippen molar-refractivity contribution in [3.63, 3.8) is 0 Å². The summed E-state index contributed by atoms with van der Waals surface area (Å²) >= 11 is 0. The smallest absolute Gasteiger partial charge is 0.292 e. The van der Waals surface area contributed by atoms with Gasteiger partial charge in [-0.05, 0) is 18.6 Å². The molecule has 0 aliphatic rings. The molecular formula is C19H18N2O2. The molecule has 3 aromatic rings. The molecule has 1 heterocycles. The molecule has 0 aliphatic carbocycles. The zero-order valence-corrected chi connectivity index (χ0v) is 13.1. The van der Waals surface area contributed by atoms with Crippen molar-refractivity contribution in [2.24, 2.45) is 7.05 Å². The van der Waals surface area contributed by atoms with Crippen LogP contribution in [-0.2, 0) is 11.8 Å². The number of carbonyl (C=O) groups excluding carboxylic acids is 2. The van der Waals surface area contributed by atoms with Crippen LogP contribution in [0, 0.1) is 0 Å². The van der Waals surface area contributed by atoms with E-state index < -0.39 is 11.7 Å². The van der Waals surface area contributed by atoms with E-state index in [1.807, 2.05) is 73.1 Å². The first-order chi connectivity index (χ1) is 11.1. The predicted molar refractivity (Wildman–Crippen MR) is 90.2 cm³/mol. The van der Waals surface area contributed by atoms with E-state index in [0.717, 1.165) is 16.5 Å². The van der Waals surface area contributed by atoms with Crippen LogP contribution in [0.25, 0.3) is 10.9 Å². The summed E-state index contributed by atoms with van der Waals surface area (Å²) in [5, 5.41) is 3.56. The van der Waals surface area contributed by atoms with E-state index in [4.69, 9.17) is 0 Å². The number of carbonyl (C=O) groups is 2. The molecule has 23 heavy (non-hydrogen) atoms. The standard InChI is InChI=1S/C19H18N2O2/c1-13(14-8-4-3-5-9-14)20-19(23)18(22)16-12-21(2)17-11-7-6-10-15(16)17/h3-13H,1-2H3,(H,20,23). The fourth-order valence-corrected chi connectivity index (χ4v) is 2.73. The quantitative estimate of drug-likeness (QED) is 0.594. The van der Waals surface area contributed by atoms with E-state index in [1.165, 1.54) is 0 Å². The number of aryl methyl sites for hydroxylation is 1. The van der Waals surface area contributed by atoms with E-state index >= 15 is 0 Å². The van der Waals surface area contributed by atoms with Gasteiger partial charge in [-0.15, -0.1) is 0 Å². The molecule has 4 heteroatoms. The average Bonchev–Trinajstić information content (AvgIpc) is 2.92. The third-order valence-electron chi connectivity index (χ3n) is 3.99. The van der Waals surface area contributed by atoms with Crippen LogP contribution in [-0.4, -0.2) is 16.3 Å². The van der Waals surface area contributed by atoms with Crippen molar-refractivity contribution in [1.29, 1.82) is 0 Å². The number of aromatic nitrogens is 1. The molecule has 0 saturated heterocycles. The number of Topliss-reactive ketones (excluding diaryl/α,β-unsaturated/α-hetero) is 1. The van der Waals surface area contributed by atoms with Gasteiger partial charge in [0, 0.05) is 24.1 Å². The molecule has 3 rings (SSSR count). The summed E-state index contributed by atoms with van der Waals surface area (Å²) < 4.78 is 1.86. The summed E-state index contributed by atoms with van der Waals surface area (Å²) in [5.41, 5.74) is 2.33. The van der Waals surface area contributed by atoms with Gasteiger partial charge in [-0.3, -0.25) is 9.59 Å². The second kappa shape index (κ2) is 6.08. The number of fused-ring (bicyclic) bond motifs is 1. The highest BCUT2D eigenvalue weighted by molar-refractivity contribution is 6.45. The first kappa shape index (κ1) is 15.0. The topological polar surface area (TPSA) is 51.1 Å². The van der Waals surface area contributed by atoms with Crippen LogP contribution in [0.2, 0.25) is 0 Å². The van der Waals surface area contributed by atoms with Gasteiger partial charge in [-0.2, -0.15) is 0 Å². The number of para-hydroxylation sites is 1. The van der Waals surface area contributed by atoms with Gasteiger partial charge in [0.1, 0.15) is 0 Å². The lowest BCUT2D eigenvalue weighted by atomic mass is 10.1. The third-order valence-corrected chi connectivity index (χ3v) is 3.99. The molecule has 0 saturated carbocycles. The van der Waals surface area contributed by atoms with Crippen molar-refractivity contribution in [3.8, 4) is 0 Å². The lowest BCUT2D eigenvalue weighted by Crippen LogP contribution is -2.33. The lowest BCUT2D eigenvalue weighted by Gasteiger charge is -2.13. The molecule has 1 atom stereocenters. The van der Waals surface area contributed by atoms with Gasteiger partial charge in [-0.25, -0.2) is 0 Å². The molecule has 0 fully saturated rings. The van der Waals surface area contributed by atoms with E-state index in [2.05, 4.69) is 5.32 Å². The summed E-state index contributed by atoms with van der Waals surface area (Å²) in [7, 11) is 1.86. The van der Waals surface area contributed by atoms with E-state index in [0.29, 0.717) is 5.56 Å². The summed E-state index contributed by atoms with van der Waals surface area (Å²) in [6.45, 7) is 1.86. The molecule has 116 valence electrons. The highest BCUT2D eigenvalue weighted by Gasteiger charge is 2.22. The third kappa shape index (κ3) is 2.88. The van der Waals surface area contributed by atoms with Gasteiger partial charge in [0.15, 0.2) is 0 Å². The molecular weight excluding hydrogens is 288 g/mol. The molecule has 1 amide bonds. The first-order valence-electron chi connectivity index (χ1n) is 7.52. The van der Waals surface area contributed by atoms with E-state index in [1.54, 1.807) is 6.20 Å². The van der Waals surface area contributed by atoms with Crippen molar-refractivity contribution in [2.75, 3.05) is 0 Å². The number of rotatable bonds is 4. The van der Waals surface area contributed by atoms with Gasteiger partial charge >= 0.3 is 0 Å². The Hall–Kier alpha value is -2.88. The highest BCUT2D eigenvalue weighted by Crippen LogP contribution is 2.21. The predicted octanol–water partition coefficient (Wildman–Crippen LogP) is 3.24. The maximum atomic E-state index is 12.5. The highest BCUT2D eigenvalue weighted by atomic mass is 16.2. The largest absolute Gasteiger partial charge is 0.350 e. The summed E-state index contributed by atoms with van der Waals surface area (Å²) in [6.07, 6.45) is 1.71. The Morgan fingerprint density at radius 1 is 1.00 bits per heavy atom. The SMILES string of the molecule is CC(NC(=O)C(=O)c1cn(C)c2ccccc12)c1ccccc1. The summed E-state index contributed by atoms with van der Waals surface area (Å²) in [5.74, 6) is -1.10.